The van der Waals surface area contributed by atoms with Gasteiger partial charge in [0, 0.05) is 17.4 Å². The number of nitrogens with zero attached hydrogens (tertiary/aromatic N) is 1. The van der Waals surface area contributed by atoms with E-state index in [0.29, 0.717) is 11.6 Å². The molecule has 0 radical (unpaired) electrons. The van der Waals surface area contributed by atoms with Gasteiger partial charge >= 0.3 is 0 Å². The molecule has 5 heteroatoms. The van der Waals surface area contributed by atoms with Crippen molar-refractivity contribution in [1.82, 2.24) is 15.3 Å². The number of aromatic nitrogens is 2. The Balaban J connectivity index is 1.70. The fourth-order valence-corrected chi connectivity index (χ4v) is 2.39. The van der Waals surface area contributed by atoms with Crippen molar-refractivity contribution in [2.75, 3.05) is 0 Å². The van der Waals surface area contributed by atoms with Crippen molar-refractivity contribution in [3.05, 3.63) is 53.1 Å². The summed E-state index contributed by atoms with van der Waals surface area (Å²) in [5.41, 5.74) is 0.672. The Labute approximate surface area is 116 Å². The zero-order valence-electron chi connectivity index (χ0n) is 10.3. The molecule has 3 rings (SSSR count). The van der Waals surface area contributed by atoms with E-state index in [-0.39, 0.29) is 11.3 Å². The highest BCUT2D eigenvalue weighted by molar-refractivity contribution is 6.30. The minimum absolute atomic E-state index is 0.0613. The molecule has 1 fully saturated rings. The number of carbonyl (C=O) groups excluding carboxylic acids is 1. The van der Waals surface area contributed by atoms with Gasteiger partial charge in [-0.05, 0) is 30.5 Å². The number of carbonyl (C=O) groups is 1. The Hall–Kier alpha value is -1.81. The van der Waals surface area contributed by atoms with E-state index in [1.54, 1.807) is 12.4 Å². The standard InChI is InChI=1S/C14H14ClN3O/c15-11-3-1-10(2-4-11)14(5-6-14)13(19)18-9-12-16-7-8-17-12/h1-4,7-8H,5-6,9H2,(H,16,17)(H,18,19). The number of imidazole rings is 1. The number of amides is 1. The number of benzene rings is 1. The van der Waals surface area contributed by atoms with Gasteiger partial charge in [0.2, 0.25) is 5.91 Å². The number of nitrogens with one attached hydrogen (secondary N) is 2. The van der Waals surface area contributed by atoms with E-state index in [9.17, 15) is 4.79 Å². The first-order valence-corrected chi connectivity index (χ1v) is 6.61. The molecular formula is C14H14ClN3O. The van der Waals surface area contributed by atoms with Gasteiger partial charge in [-0.1, -0.05) is 23.7 Å². The third kappa shape index (κ3) is 2.36. The summed E-state index contributed by atoms with van der Waals surface area (Å²) in [6.45, 7) is 0.432. The molecule has 4 nitrogen and oxygen atoms in total. The second-order valence-electron chi connectivity index (χ2n) is 4.81. The lowest BCUT2D eigenvalue weighted by atomic mass is 9.95. The van der Waals surface area contributed by atoms with Crippen molar-refractivity contribution in [3.8, 4) is 0 Å². The van der Waals surface area contributed by atoms with Crippen molar-refractivity contribution in [1.29, 1.82) is 0 Å². The van der Waals surface area contributed by atoms with Gasteiger partial charge < -0.3 is 10.3 Å². The molecule has 98 valence electrons. The van der Waals surface area contributed by atoms with Crippen LogP contribution in [-0.4, -0.2) is 15.9 Å². The molecule has 1 aromatic heterocycles. The Kier molecular flexibility index (Phi) is 3.03. The third-order valence-corrected chi connectivity index (χ3v) is 3.80. The van der Waals surface area contributed by atoms with E-state index in [4.69, 9.17) is 11.6 Å². The van der Waals surface area contributed by atoms with Crippen LogP contribution in [0.3, 0.4) is 0 Å². The van der Waals surface area contributed by atoms with Crippen molar-refractivity contribution in [2.24, 2.45) is 0 Å². The van der Waals surface area contributed by atoms with Crippen LogP contribution in [-0.2, 0) is 16.8 Å². The van der Waals surface area contributed by atoms with Gasteiger partial charge in [-0.2, -0.15) is 0 Å². The van der Waals surface area contributed by atoms with Crippen molar-refractivity contribution >= 4 is 17.5 Å². The maximum atomic E-state index is 12.3. The van der Waals surface area contributed by atoms with Crippen LogP contribution in [0.4, 0.5) is 0 Å². The number of H-pyrrole nitrogens is 1. The smallest absolute Gasteiger partial charge is 0.231 e. The molecule has 0 spiro atoms. The molecule has 0 bridgehead atoms. The summed E-state index contributed by atoms with van der Waals surface area (Å²) < 4.78 is 0. The average molecular weight is 276 g/mol. The number of aromatic amines is 1. The highest BCUT2D eigenvalue weighted by atomic mass is 35.5. The van der Waals surface area contributed by atoms with Crippen LogP contribution in [0.2, 0.25) is 5.02 Å². The quantitative estimate of drug-likeness (QED) is 0.900. The first-order valence-electron chi connectivity index (χ1n) is 6.23. The molecule has 19 heavy (non-hydrogen) atoms. The third-order valence-electron chi connectivity index (χ3n) is 3.55. The Bertz CT molecular complexity index is 573. The van der Waals surface area contributed by atoms with Crippen LogP contribution >= 0.6 is 11.6 Å². The van der Waals surface area contributed by atoms with E-state index < -0.39 is 0 Å². The van der Waals surface area contributed by atoms with Gasteiger partial charge in [-0.15, -0.1) is 0 Å². The second-order valence-corrected chi connectivity index (χ2v) is 5.24. The lowest BCUT2D eigenvalue weighted by Gasteiger charge is -2.15. The van der Waals surface area contributed by atoms with Crippen LogP contribution in [0, 0.1) is 0 Å². The maximum Gasteiger partial charge on any atom is 0.231 e. The SMILES string of the molecule is O=C(NCc1ncc[nH]1)C1(c2ccc(Cl)cc2)CC1. The first-order chi connectivity index (χ1) is 9.21. The monoisotopic (exact) mass is 275 g/mol. The lowest BCUT2D eigenvalue weighted by molar-refractivity contribution is -0.123. The Morgan fingerprint density at radius 2 is 2.11 bits per heavy atom. The molecule has 0 aliphatic heterocycles. The molecule has 0 atom stereocenters. The summed E-state index contributed by atoms with van der Waals surface area (Å²) in [4.78, 5) is 19.4. The van der Waals surface area contributed by atoms with E-state index >= 15 is 0 Å². The first kappa shape index (κ1) is 12.2. The topological polar surface area (TPSA) is 57.8 Å². The molecule has 1 aliphatic rings. The molecule has 1 aromatic carbocycles. The minimum atomic E-state index is -0.364. The maximum absolute atomic E-state index is 12.3. The van der Waals surface area contributed by atoms with Crippen LogP contribution in [0.25, 0.3) is 0 Å². The minimum Gasteiger partial charge on any atom is -0.348 e. The van der Waals surface area contributed by atoms with Gasteiger partial charge in [-0.25, -0.2) is 4.98 Å². The van der Waals surface area contributed by atoms with Crippen LogP contribution in [0.5, 0.6) is 0 Å². The summed E-state index contributed by atoms with van der Waals surface area (Å²) in [7, 11) is 0. The molecule has 2 aromatic rings. The van der Waals surface area contributed by atoms with Gasteiger partial charge in [0.25, 0.3) is 0 Å². The predicted octanol–water partition coefficient (Wildman–Crippen LogP) is 2.41. The zero-order valence-corrected chi connectivity index (χ0v) is 11.1. The van der Waals surface area contributed by atoms with E-state index in [1.165, 1.54) is 0 Å². The van der Waals surface area contributed by atoms with E-state index in [1.807, 2.05) is 24.3 Å². The summed E-state index contributed by atoms with van der Waals surface area (Å²) in [6, 6.07) is 7.52. The summed E-state index contributed by atoms with van der Waals surface area (Å²) in [5, 5.41) is 3.63. The van der Waals surface area contributed by atoms with Gasteiger partial charge in [0.1, 0.15) is 5.82 Å². The van der Waals surface area contributed by atoms with Crippen molar-refractivity contribution < 1.29 is 4.79 Å². The molecule has 1 saturated carbocycles. The van der Waals surface area contributed by atoms with Crippen LogP contribution in [0.15, 0.2) is 36.7 Å². The number of hydrogen-bond donors (Lipinski definition) is 2. The molecule has 0 saturated heterocycles. The number of hydrogen-bond acceptors (Lipinski definition) is 2. The fraction of sp³-hybridized carbons (Fsp3) is 0.286. The molecule has 2 N–H and O–H groups in total. The van der Waals surface area contributed by atoms with Gasteiger partial charge in [0.05, 0.1) is 12.0 Å². The fourth-order valence-electron chi connectivity index (χ4n) is 2.27. The normalized spacial score (nSPS) is 16.1. The Morgan fingerprint density at radius 1 is 1.37 bits per heavy atom. The summed E-state index contributed by atoms with van der Waals surface area (Å²) >= 11 is 5.88. The average Bonchev–Trinajstić information content (AvgIpc) is 3.07. The Morgan fingerprint density at radius 3 is 2.68 bits per heavy atom. The summed E-state index contributed by atoms with van der Waals surface area (Å²) in [6.07, 6.45) is 5.19. The highest BCUT2D eigenvalue weighted by Crippen LogP contribution is 2.48. The zero-order chi connectivity index (χ0) is 13.3. The van der Waals surface area contributed by atoms with Gasteiger partial charge in [-0.3, -0.25) is 4.79 Å². The number of halogens is 1. The van der Waals surface area contributed by atoms with E-state index in [0.717, 1.165) is 24.2 Å². The highest BCUT2D eigenvalue weighted by Gasteiger charge is 2.51. The van der Waals surface area contributed by atoms with E-state index in [2.05, 4.69) is 15.3 Å². The van der Waals surface area contributed by atoms with Crippen molar-refractivity contribution in [3.63, 3.8) is 0 Å². The van der Waals surface area contributed by atoms with Crippen LogP contribution < -0.4 is 5.32 Å². The summed E-state index contributed by atoms with van der Waals surface area (Å²) in [5.74, 6) is 0.825. The largest absolute Gasteiger partial charge is 0.348 e. The molecule has 0 unspecified atom stereocenters. The van der Waals surface area contributed by atoms with Gasteiger partial charge in [0.15, 0.2) is 0 Å². The molecule has 1 heterocycles. The van der Waals surface area contributed by atoms with Crippen molar-refractivity contribution in [2.45, 2.75) is 24.8 Å². The lowest BCUT2D eigenvalue weighted by Crippen LogP contribution is -2.34. The second kappa shape index (κ2) is 4.70. The molecule has 1 amide bonds. The molecule has 1 aliphatic carbocycles. The predicted molar refractivity (Wildman–Crippen MR) is 72.8 cm³/mol. The molecular weight excluding hydrogens is 262 g/mol. The van der Waals surface area contributed by atoms with Crippen LogP contribution in [0.1, 0.15) is 24.2 Å². The number of rotatable bonds is 4.